The van der Waals surface area contributed by atoms with Crippen molar-refractivity contribution in [1.29, 1.82) is 0 Å². The number of rotatable bonds is 13. The van der Waals surface area contributed by atoms with Gasteiger partial charge in [-0.05, 0) is 39.9 Å². The second kappa shape index (κ2) is 17.0. The zero-order valence-electron chi connectivity index (χ0n) is 29.3. The van der Waals surface area contributed by atoms with Gasteiger partial charge in [0.2, 0.25) is 12.4 Å². The molecule has 1 fully saturated rings. The largest absolute Gasteiger partial charge is 0.480 e. The molecule has 0 spiro atoms. The molecule has 6 atom stereocenters. The molecule has 280 valence electrons. The lowest BCUT2D eigenvalue weighted by molar-refractivity contribution is -0.288. The molecule has 2 N–H and O–H groups in total. The molecule has 0 saturated carbocycles. The minimum atomic E-state index is -1.46. The number of carbonyl (C=O) groups excluding carboxylic acids is 5. The van der Waals surface area contributed by atoms with Gasteiger partial charge in [0, 0.05) is 40.0 Å². The van der Waals surface area contributed by atoms with Gasteiger partial charge >= 0.3 is 35.9 Å². The zero-order valence-corrected chi connectivity index (χ0v) is 29.3. The number of nitrogens with one attached hydrogen (secondary N) is 1. The van der Waals surface area contributed by atoms with Gasteiger partial charge < -0.3 is 43.6 Å². The summed E-state index contributed by atoms with van der Waals surface area (Å²) < 4.78 is 38.8. The second-order valence-electron chi connectivity index (χ2n) is 12.4. The van der Waals surface area contributed by atoms with E-state index in [1.165, 1.54) is 12.1 Å². The average Bonchev–Trinajstić information content (AvgIpc) is 3.42. The van der Waals surface area contributed by atoms with Crippen molar-refractivity contribution >= 4 is 35.9 Å². The van der Waals surface area contributed by atoms with Gasteiger partial charge in [-0.15, -0.1) is 0 Å². The summed E-state index contributed by atoms with van der Waals surface area (Å²) in [6.07, 6.45) is -7.86. The molecule has 2 aliphatic rings. The summed E-state index contributed by atoms with van der Waals surface area (Å²) in [6, 6.07) is 20.4. The maximum Gasteiger partial charge on any atom is 0.407 e. The Morgan fingerprint density at radius 3 is 1.77 bits per heavy atom. The first kappa shape index (κ1) is 38.3. The van der Waals surface area contributed by atoms with Gasteiger partial charge in [-0.1, -0.05) is 60.7 Å². The quantitative estimate of drug-likeness (QED) is 0.190. The van der Waals surface area contributed by atoms with Gasteiger partial charge in [-0.25, -0.2) is 9.59 Å². The van der Waals surface area contributed by atoms with E-state index in [-0.39, 0.29) is 24.7 Å². The topological polar surface area (TPSA) is 199 Å². The number of amides is 1. The lowest BCUT2D eigenvalue weighted by atomic mass is 9.98. The van der Waals surface area contributed by atoms with Gasteiger partial charge in [0.15, 0.2) is 12.2 Å². The molecule has 53 heavy (non-hydrogen) atoms. The molecule has 0 unspecified atom stereocenters. The van der Waals surface area contributed by atoms with Crippen LogP contribution in [-0.2, 0) is 58.8 Å². The maximum atomic E-state index is 12.8. The van der Waals surface area contributed by atoms with E-state index >= 15 is 0 Å². The average molecular weight is 734 g/mol. The van der Waals surface area contributed by atoms with Crippen molar-refractivity contribution in [2.75, 3.05) is 13.2 Å². The molecule has 0 radical (unpaired) electrons. The van der Waals surface area contributed by atoms with Crippen LogP contribution in [-0.4, -0.2) is 91.0 Å². The van der Waals surface area contributed by atoms with Crippen LogP contribution in [0.25, 0.3) is 11.1 Å². The van der Waals surface area contributed by atoms with Crippen LogP contribution in [0.1, 0.15) is 50.3 Å². The number of hydrogen-bond acceptors (Lipinski definition) is 13. The second-order valence-corrected chi connectivity index (χ2v) is 12.4. The van der Waals surface area contributed by atoms with E-state index in [0.717, 1.165) is 49.9 Å². The van der Waals surface area contributed by atoms with Crippen LogP contribution in [0.4, 0.5) is 4.79 Å². The molecule has 1 amide bonds. The predicted molar refractivity (Wildman–Crippen MR) is 182 cm³/mol. The first-order valence-corrected chi connectivity index (χ1v) is 16.7. The highest BCUT2D eigenvalue weighted by Gasteiger charge is 2.53. The van der Waals surface area contributed by atoms with Crippen molar-refractivity contribution in [2.45, 2.75) is 76.8 Å². The summed E-state index contributed by atoms with van der Waals surface area (Å²) in [5, 5.41) is 12.3. The number of fused-ring (bicyclic) bond motifs is 3. The summed E-state index contributed by atoms with van der Waals surface area (Å²) in [5.41, 5.74) is 4.65. The number of ether oxygens (including phenoxy) is 7. The van der Waals surface area contributed by atoms with Gasteiger partial charge in [0.25, 0.3) is 0 Å². The highest BCUT2D eigenvalue weighted by molar-refractivity contribution is 5.81. The Morgan fingerprint density at radius 2 is 1.23 bits per heavy atom. The van der Waals surface area contributed by atoms with Crippen molar-refractivity contribution in [3.8, 4) is 16.9 Å². The number of benzene rings is 3. The highest BCUT2D eigenvalue weighted by Crippen LogP contribution is 2.44. The predicted octanol–water partition coefficient (Wildman–Crippen LogP) is 3.68. The van der Waals surface area contributed by atoms with Crippen molar-refractivity contribution in [1.82, 2.24) is 5.32 Å². The third-order valence-corrected chi connectivity index (χ3v) is 8.50. The standard InChI is InChI=1S/C38H39NO14/c1-20(40)47-19-32-33(49-21(2)41)34(50-22(3)42)35(51-23(4)43)37(53-32)52-25-15-13-24(14-16-25)17-31(36(44)45)39-38(46)48-18-30-28-11-7-5-9-26(28)27-10-6-8-12-29(27)30/h5-16,30-35,37H,17-19H2,1-4H3,(H,39,46)(H,44,45)/t31-,32+,33+,34+,35-,37+/m0/s1. The number of hydrogen-bond donors (Lipinski definition) is 2. The molecule has 1 heterocycles. The highest BCUT2D eigenvalue weighted by atomic mass is 16.7. The molecular weight excluding hydrogens is 694 g/mol. The van der Waals surface area contributed by atoms with Crippen molar-refractivity contribution in [3.63, 3.8) is 0 Å². The number of carboxylic acids is 1. The van der Waals surface area contributed by atoms with Crippen LogP contribution in [0.2, 0.25) is 0 Å². The monoisotopic (exact) mass is 733 g/mol. The molecule has 1 aliphatic carbocycles. The lowest BCUT2D eigenvalue weighted by Gasteiger charge is -2.43. The minimum Gasteiger partial charge on any atom is -0.480 e. The Bertz CT molecular complexity index is 1800. The van der Waals surface area contributed by atoms with Crippen molar-refractivity contribution in [2.24, 2.45) is 0 Å². The van der Waals surface area contributed by atoms with E-state index in [1.807, 2.05) is 48.5 Å². The Balaban J connectivity index is 1.26. The van der Waals surface area contributed by atoms with Crippen LogP contribution in [0.5, 0.6) is 5.75 Å². The summed E-state index contributed by atoms with van der Waals surface area (Å²) in [4.78, 5) is 72.8. The maximum absolute atomic E-state index is 12.8. The van der Waals surface area contributed by atoms with Crippen LogP contribution >= 0.6 is 0 Å². The summed E-state index contributed by atoms with van der Waals surface area (Å²) in [7, 11) is 0. The molecule has 3 aromatic carbocycles. The smallest absolute Gasteiger partial charge is 0.407 e. The van der Waals surface area contributed by atoms with Crippen molar-refractivity contribution in [3.05, 3.63) is 89.5 Å². The molecule has 0 bridgehead atoms. The van der Waals surface area contributed by atoms with E-state index < -0.39 is 79.3 Å². The molecule has 5 rings (SSSR count). The van der Waals surface area contributed by atoms with Crippen molar-refractivity contribution < 1.29 is 67.0 Å². The molecule has 15 nitrogen and oxygen atoms in total. The Kier molecular flexibility index (Phi) is 12.3. The Morgan fingerprint density at radius 1 is 0.679 bits per heavy atom. The molecule has 1 aliphatic heterocycles. The minimum absolute atomic E-state index is 0.0114. The van der Waals surface area contributed by atoms with Gasteiger partial charge in [0.05, 0.1) is 0 Å². The fourth-order valence-electron chi connectivity index (χ4n) is 6.34. The first-order valence-electron chi connectivity index (χ1n) is 16.7. The third-order valence-electron chi connectivity index (χ3n) is 8.50. The Hall–Kier alpha value is -5.96. The van der Waals surface area contributed by atoms with E-state index in [2.05, 4.69) is 5.32 Å². The molecule has 15 heteroatoms. The molecule has 3 aromatic rings. The molecule has 0 aromatic heterocycles. The van der Waals surface area contributed by atoms with Crippen LogP contribution in [0, 0.1) is 0 Å². The normalized spacial score (nSPS) is 20.8. The third kappa shape index (κ3) is 9.68. The van der Waals surface area contributed by atoms with Crippen LogP contribution < -0.4 is 10.1 Å². The summed E-state index contributed by atoms with van der Waals surface area (Å²) in [5.74, 6) is -4.34. The molecular formula is C38H39NO14. The van der Waals surface area contributed by atoms with E-state index in [1.54, 1.807) is 12.1 Å². The number of carbonyl (C=O) groups is 6. The van der Waals surface area contributed by atoms with Crippen LogP contribution in [0.3, 0.4) is 0 Å². The van der Waals surface area contributed by atoms with Gasteiger partial charge in [-0.2, -0.15) is 0 Å². The SMILES string of the molecule is CC(=O)OC[C@H]1O[C@@H](Oc2ccc(C[C@H](NC(=O)OCC3c4ccccc4-c4ccccc43)C(=O)O)cc2)[C@@H](OC(C)=O)[C@H](OC(C)=O)[C@@H]1OC(C)=O. The van der Waals surface area contributed by atoms with Gasteiger partial charge in [-0.3, -0.25) is 19.2 Å². The van der Waals surface area contributed by atoms with E-state index in [4.69, 9.17) is 33.2 Å². The van der Waals surface area contributed by atoms with Crippen LogP contribution in [0.15, 0.2) is 72.8 Å². The lowest BCUT2D eigenvalue weighted by Crippen LogP contribution is -2.63. The zero-order chi connectivity index (χ0) is 38.2. The van der Waals surface area contributed by atoms with E-state index in [9.17, 15) is 33.9 Å². The summed E-state index contributed by atoms with van der Waals surface area (Å²) in [6.45, 7) is 4.07. The van der Waals surface area contributed by atoms with E-state index in [0.29, 0.717) is 5.56 Å². The number of alkyl carbamates (subject to hydrolysis) is 1. The fraction of sp³-hybridized carbons (Fsp3) is 0.368. The fourth-order valence-corrected chi connectivity index (χ4v) is 6.34. The number of carboxylic acid groups (broad SMARTS) is 1. The number of esters is 4. The summed E-state index contributed by atoms with van der Waals surface area (Å²) >= 11 is 0. The van der Waals surface area contributed by atoms with Gasteiger partial charge in [0.1, 0.15) is 31.1 Å². The Labute approximate surface area is 304 Å². The first-order chi connectivity index (χ1) is 25.3. The molecule has 1 saturated heterocycles. The number of aliphatic carboxylic acids is 1.